The van der Waals surface area contributed by atoms with Gasteiger partial charge in [0, 0.05) is 35.9 Å². The van der Waals surface area contributed by atoms with Gasteiger partial charge in [-0.1, -0.05) is 38.1 Å². The Morgan fingerprint density at radius 1 is 1.25 bits per heavy atom. The van der Waals surface area contributed by atoms with Gasteiger partial charge in [-0.05, 0) is 24.4 Å². The predicted molar refractivity (Wildman–Crippen MR) is 140 cm³/mol. The zero-order chi connectivity index (χ0) is 21.8. The molecule has 0 saturated heterocycles. The summed E-state index contributed by atoms with van der Waals surface area (Å²) in [6, 6.07) is 12.6. The number of nitrogens with zero attached hydrogens (tertiary/aromatic N) is 4. The number of halogens is 1. The molecule has 9 heteroatoms. The number of aromatic nitrogens is 3. The van der Waals surface area contributed by atoms with E-state index in [1.54, 1.807) is 11.3 Å². The largest absolute Gasteiger partial charge is 0.493 e. The SMILES string of the molecule is Cc1nnc(CN=C(NCC(C)(C)c2cccs2)NC2CCOc3ccccc32)n1C.I. The maximum absolute atomic E-state index is 5.83. The minimum absolute atomic E-state index is 0. The van der Waals surface area contributed by atoms with Crippen LogP contribution in [0.1, 0.15) is 48.4 Å². The topological polar surface area (TPSA) is 76.4 Å². The summed E-state index contributed by atoms with van der Waals surface area (Å²) in [7, 11) is 1.97. The van der Waals surface area contributed by atoms with Gasteiger partial charge in [0.15, 0.2) is 11.8 Å². The molecule has 0 amide bonds. The first-order valence-corrected chi connectivity index (χ1v) is 11.5. The highest BCUT2D eigenvalue weighted by Crippen LogP contribution is 2.31. The molecule has 0 spiro atoms. The van der Waals surface area contributed by atoms with E-state index in [9.17, 15) is 0 Å². The number of fused-ring (bicyclic) bond motifs is 1. The van der Waals surface area contributed by atoms with E-state index in [4.69, 9.17) is 9.73 Å². The fourth-order valence-corrected chi connectivity index (χ4v) is 4.46. The van der Waals surface area contributed by atoms with E-state index in [0.29, 0.717) is 13.2 Å². The lowest BCUT2D eigenvalue weighted by atomic mass is 9.91. The molecule has 1 aliphatic heterocycles. The molecule has 32 heavy (non-hydrogen) atoms. The highest BCUT2D eigenvalue weighted by molar-refractivity contribution is 14.0. The average molecular weight is 567 g/mol. The zero-order valence-corrected chi connectivity index (χ0v) is 22.1. The Morgan fingerprint density at radius 3 is 2.78 bits per heavy atom. The Labute approximate surface area is 210 Å². The molecule has 172 valence electrons. The van der Waals surface area contributed by atoms with Gasteiger partial charge in [-0.2, -0.15) is 0 Å². The van der Waals surface area contributed by atoms with Crippen LogP contribution in [0.5, 0.6) is 5.75 Å². The molecular weight excluding hydrogens is 535 g/mol. The molecule has 2 N–H and O–H groups in total. The van der Waals surface area contributed by atoms with Crippen LogP contribution in [-0.2, 0) is 19.0 Å². The van der Waals surface area contributed by atoms with Crippen LogP contribution in [0.4, 0.5) is 0 Å². The number of rotatable bonds is 6. The number of nitrogens with one attached hydrogen (secondary N) is 2. The number of hydrogen-bond donors (Lipinski definition) is 2. The smallest absolute Gasteiger partial charge is 0.192 e. The molecule has 0 aliphatic carbocycles. The molecule has 0 saturated carbocycles. The number of para-hydroxylation sites is 1. The molecule has 1 atom stereocenters. The highest BCUT2D eigenvalue weighted by Gasteiger charge is 2.25. The zero-order valence-electron chi connectivity index (χ0n) is 19.0. The monoisotopic (exact) mass is 566 g/mol. The number of hydrogen-bond acceptors (Lipinski definition) is 5. The first-order valence-electron chi connectivity index (χ1n) is 10.6. The van der Waals surface area contributed by atoms with Crippen LogP contribution in [-0.4, -0.2) is 33.9 Å². The fraction of sp³-hybridized carbons (Fsp3) is 0.435. The molecule has 0 bridgehead atoms. The van der Waals surface area contributed by atoms with Crippen molar-refractivity contribution in [3.8, 4) is 5.75 Å². The highest BCUT2D eigenvalue weighted by atomic mass is 127. The first kappa shape index (κ1) is 24.5. The summed E-state index contributed by atoms with van der Waals surface area (Å²) >= 11 is 1.78. The molecule has 2 aromatic heterocycles. The van der Waals surface area contributed by atoms with Crippen LogP contribution in [0.2, 0.25) is 0 Å². The summed E-state index contributed by atoms with van der Waals surface area (Å²) in [6.07, 6.45) is 0.884. The molecule has 1 aliphatic rings. The molecule has 0 radical (unpaired) electrons. The Kier molecular flexibility index (Phi) is 8.16. The van der Waals surface area contributed by atoms with Crippen molar-refractivity contribution in [1.82, 2.24) is 25.4 Å². The molecule has 1 unspecified atom stereocenters. The minimum atomic E-state index is -0.00837. The van der Waals surface area contributed by atoms with Gasteiger partial charge in [0.25, 0.3) is 0 Å². The summed E-state index contributed by atoms with van der Waals surface area (Å²) in [5.74, 6) is 3.42. The van der Waals surface area contributed by atoms with Gasteiger partial charge in [0.1, 0.15) is 18.1 Å². The first-order chi connectivity index (χ1) is 14.9. The number of benzene rings is 1. The second-order valence-electron chi connectivity index (χ2n) is 8.47. The number of thiophene rings is 1. The van der Waals surface area contributed by atoms with E-state index in [0.717, 1.165) is 41.9 Å². The van der Waals surface area contributed by atoms with Crippen LogP contribution in [0.15, 0.2) is 46.8 Å². The molecule has 3 aromatic rings. The number of aliphatic imine (C=N–C) groups is 1. The van der Waals surface area contributed by atoms with Crippen molar-refractivity contribution in [3.63, 3.8) is 0 Å². The van der Waals surface area contributed by atoms with E-state index >= 15 is 0 Å². The predicted octanol–water partition coefficient (Wildman–Crippen LogP) is 4.34. The Bertz CT molecular complexity index is 1050. The molecule has 4 rings (SSSR count). The molecule has 7 nitrogen and oxygen atoms in total. The summed E-state index contributed by atoms with van der Waals surface area (Å²) in [6.45, 7) is 8.35. The lowest BCUT2D eigenvalue weighted by Crippen LogP contribution is -2.45. The maximum Gasteiger partial charge on any atom is 0.192 e. The average Bonchev–Trinajstić information content (AvgIpc) is 3.42. The van der Waals surface area contributed by atoms with Crippen LogP contribution in [0.3, 0.4) is 0 Å². The van der Waals surface area contributed by atoms with E-state index in [1.807, 2.05) is 30.7 Å². The van der Waals surface area contributed by atoms with E-state index < -0.39 is 0 Å². The minimum Gasteiger partial charge on any atom is -0.493 e. The van der Waals surface area contributed by atoms with Crippen LogP contribution in [0.25, 0.3) is 0 Å². The van der Waals surface area contributed by atoms with Gasteiger partial charge in [-0.25, -0.2) is 4.99 Å². The molecule has 0 fully saturated rings. The van der Waals surface area contributed by atoms with Gasteiger partial charge in [-0.15, -0.1) is 45.5 Å². The van der Waals surface area contributed by atoms with Gasteiger partial charge in [0.05, 0.1) is 12.6 Å². The van der Waals surface area contributed by atoms with Crippen molar-refractivity contribution < 1.29 is 4.74 Å². The standard InChI is InChI=1S/C23H30N6OS.HI/c1-16-27-28-21(29(16)4)14-24-22(25-15-23(2,3)20-10-7-13-31-20)26-18-11-12-30-19-9-6-5-8-17(18)19;/h5-10,13,18H,11-12,14-15H2,1-4H3,(H2,24,25,26);1H. The van der Waals surface area contributed by atoms with Crippen molar-refractivity contribution in [3.05, 3.63) is 63.9 Å². The summed E-state index contributed by atoms with van der Waals surface area (Å²) in [5, 5.41) is 17.7. The van der Waals surface area contributed by atoms with Crippen LogP contribution in [0, 0.1) is 6.92 Å². The molecular formula is C23H31IN6OS. The summed E-state index contributed by atoms with van der Waals surface area (Å²) in [4.78, 5) is 6.20. The Morgan fingerprint density at radius 2 is 2.06 bits per heavy atom. The van der Waals surface area contributed by atoms with E-state index in [1.165, 1.54) is 4.88 Å². The van der Waals surface area contributed by atoms with Crippen molar-refractivity contribution in [2.24, 2.45) is 12.0 Å². The van der Waals surface area contributed by atoms with Gasteiger partial charge >= 0.3 is 0 Å². The Balaban J connectivity index is 0.00000289. The molecule has 1 aromatic carbocycles. The number of ether oxygens (including phenoxy) is 1. The van der Waals surface area contributed by atoms with Gasteiger partial charge < -0.3 is 19.9 Å². The van der Waals surface area contributed by atoms with Crippen LogP contribution < -0.4 is 15.4 Å². The molecule has 3 heterocycles. The third-order valence-corrected chi connectivity index (χ3v) is 6.95. The van der Waals surface area contributed by atoms with Gasteiger partial charge in [-0.3, -0.25) is 0 Å². The van der Waals surface area contributed by atoms with Crippen molar-refractivity contribution in [1.29, 1.82) is 0 Å². The lowest BCUT2D eigenvalue weighted by Gasteiger charge is -2.30. The van der Waals surface area contributed by atoms with Crippen molar-refractivity contribution >= 4 is 41.3 Å². The van der Waals surface area contributed by atoms with Crippen molar-refractivity contribution in [2.75, 3.05) is 13.2 Å². The third kappa shape index (κ3) is 5.61. The van der Waals surface area contributed by atoms with E-state index in [2.05, 4.69) is 64.3 Å². The quantitative estimate of drug-likeness (QED) is 0.264. The van der Waals surface area contributed by atoms with Gasteiger partial charge in [0.2, 0.25) is 0 Å². The lowest BCUT2D eigenvalue weighted by molar-refractivity contribution is 0.261. The summed E-state index contributed by atoms with van der Waals surface area (Å²) < 4.78 is 7.80. The second kappa shape index (κ2) is 10.7. The summed E-state index contributed by atoms with van der Waals surface area (Å²) in [5.41, 5.74) is 1.15. The number of aryl methyl sites for hydroxylation is 1. The maximum atomic E-state index is 5.83. The number of guanidine groups is 1. The van der Waals surface area contributed by atoms with Crippen molar-refractivity contribution in [2.45, 2.75) is 45.2 Å². The van der Waals surface area contributed by atoms with Crippen LogP contribution >= 0.6 is 35.3 Å². The Hall–Kier alpha value is -2.14. The fourth-order valence-electron chi connectivity index (χ4n) is 3.60. The second-order valence-corrected chi connectivity index (χ2v) is 9.42. The normalized spacial score (nSPS) is 16.0. The third-order valence-electron chi connectivity index (χ3n) is 5.72. The van der Waals surface area contributed by atoms with E-state index in [-0.39, 0.29) is 35.4 Å².